The minimum Gasteiger partial charge on any atom is -0.348 e. The van der Waals surface area contributed by atoms with Crippen molar-refractivity contribution in [3.63, 3.8) is 0 Å². The van der Waals surface area contributed by atoms with Crippen LogP contribution in [0.15, 0.2) is 30.3 Å². The highest BCUT2D eigenvalue weighted by Crippen LogP contribution is 2.26. The number of amides is 2. The number of nitrogens with one attached hydrogen (secondary N) is 2. The molecular formula is C20H24N2O2S. The Labute approximate surface area is 152 Å². The SMILES string of the molecule is Cc1cc(C(=O)NCc2cccc(NC(=O)C3CCCC3)c2)c(C)s1. The number of rotatable bonds is 5. The quantitative estimate of drug-likeness (QED) is 0.833. The Morgan fingerprint density at radius 3 is 2.60 bits per heavy atom. The minimum absolute atomic E-state index is 0.0535. The molecular weight excluding hydrogens is 332 g/mol. The van der Waals surface area contributed by atoms with Crippen LogP contribution >= 0.6 is 11.3 Å². The largest absolute Gasteiger partial charge is 0.348 e. The van der Waals surface area contributed by atoms with Crippen LogP contribution in [-0.2, 0) is 11.3 Å². The van der Waals surface area contributed by atoms with E-state index in [1.807, 2.05) is 44.2 Å². The molecule has 4 nitrogen and oxygen atoms in total. The van der Waals surface area contributed by atoms with E-state index < -0.39 is 0 Å². The first kappa shape index (κ1) is 17.7. The van der Waals surface area contributed by atoms with Crippen molar-refractivity contribution in [3.8, 4) is 0 Å². The summed E-state index contributed by atoms with van der Waals surface area (Å²) in [5.74, 6) is 0.207. The summed E-state index contributed by atoms with van der Waals surface area (Å²) in [5, 5.41) is 5.97. The minimum atomic E-state index is -0.0535. The van der Waals surface area contributed by atoms with Gasteiger partial charge in [0.2, 0.25) is 5.91 Å². The van der Waals surface area contributed by atoms with Crippen LogP contribution in [0, 0.1) is 19.8 Å². The van der Waals surface area contributed by atoms with E-state index in [4.69, 9.17) is 0 Å². The van der Waals surface area contributed by atoms with E-state index in [2.05, 4.69) is 10.6 Å². The number of anilines is 1. The summed E-state index contributed by atoms with van der Waals surface area (Å²) in [6, 6.07) is 9.61. The van der Waals surface area contributed by atoms with Gasteiger partial charge in [-0.3, -0.25) is 9.59 Å². The lowest BCUT2D eigenvalue weighted by Gasteiger charge is -2.12. The Balaban J connectivity index is 1.59. The van der Waals surface area contributed by atoms with Gasteiger partial charge in [0.05, 0.1) is 5.56 Å². The maximum atomic E-state index is 12.3. The van der Waals surface area contributed by atoms with Gasteiger partial charge in [0.25, 0.3) is 5.91 Å². The van der Waals surface area contributed by atoms with E-state index in [-0.39, 0.29) is 17.7 Å². The average Bonchev–Trinajstić information content (AvgIpc) is 3.22. The van der Waals surface area contributed by atoms with E-state index in [1.165, 1.54) is 0 Å². The van der Waals surface area contributed by atoms with Gasteiger partial charge >= 0.3 is 0 Å². The maximum absolute atomic E-state index is 12.3. The van der Waals surface area contributed by atoms with Gasteiger partial charge in [-0.05, 0) is 50.5 Å². The van der Waals surface area contributed by atoms with Gasteiger partial charge in [-0.2, -0.15) is 0 Å². The summed E-state index contributed by atoms with van der Waals surface area (Å²) in [6.45, 7) is 4.41. The molecule has 1 aromatic heterocycles. The molecule has 0 saturated heterocycles. The van der Waals surface area contributed by atoms with Crippen molar-refractivity contribution in [2.45, 2.75) is 46.1 Å². The molecule has 0 spiro atoms. The van der Waals surface area contributed by atoms with Crippen molar-refractivity contribution in [2.24, 2.45) is 5.92 Å². The third-order valence-corrected chi connectivity index (χ3v) is 5.63. The molecule has 0 bridgehead atoms. The van der Waals surface area contributed by atoms with Crippen LogP contribution in [-0.4, -0.2) is 11.8 Å². The lowest BCUT2D eigenvalue weighted by molar-refractivity contribution is -0.119. The van der Waals surface area contributed by atoms with Gasteiger partial charge in [-0.15, -0.1) is 11.3 Å². The number of hydrogen-bond acceptors (Lipinski definition) is 3. The Morgan fingerprint density at radius 2 is 1.92 bits per heavy atom. The molecule has 1 fully saturated rings. The van der Waals surface area contributed by atoms with E-state index in [0.29, 0.717) is 6.54 Å². The Hall–Kier alpha value is -2.14. The zero-order chi connectivity index (χ0) is 17.8. The van der Waals surface area contributed by atoms with Crippen molar-refractivity contribution in [1.82, 2.24) is 5.32 Å². The second-order valence-corrected chi connectivity index (χ2v) is 8.14. The van der Waals surface area contributed by atoms with Crippen LogP contribution in [0.4, 0.5) is 5.69 Å². The molecule has 1 saturated carbocycles. The number of aryl methyl sites for hydroxylation is 2. The number of carbonyl (C=O) groups excluding carboxylic acids is 2. The predicted molar refractivity (Wildman–Crippen MR) is 102 cm³/mol. The number of thiophene rings is 1. The monoisotopic (exact) mass is 356 g/mol. The van der Waals surface area contributed by atoms with Crippen molar-refractivity contribution in [3.05, 3.63) is 51.2 Å². The highest BCUT2D eigenvalue weighted by Gasteiger charge is 2.22. The fraction of sp³-hybridized carbons (Fsp3) is 0.400. The van der Waals surface area contributed by atoms with Crippen molar-refractivity contribution in [1.29, 1.82) is 0 Å². The smallest absolute Gasteiger partial charge is 0.252 e. The van der Waals surface area contributed by atoms with Crippen LogP contribution in [0.3, 0.4) is 0 Å². The summed E-state index contributed by atoms with van der Waals surface area (Å²) in [6.07, 6.45) is 4.26. The third-order valence-electron chi connectivity index (χ3n) is 4.66. The molecule has 0 radical (unpaired) electrons. The van der Waals surface area contributed by atoms with E-state index in [0.717, 1.165) is 52.3 Å². The van der Waals surface area contributed by atoms with Crippen molar-refractivity contribution < 1.29 is 9.59 Å². The first-order chi connectivity index (χ1) is 12.0. The molecule has 0 aliphatic heterocycles. The van der Waals surface area contributed by atoms with Crippen molar-refractivity contribution in [2.75, 3.05) is 5.32 Å². The first-order valence-corrected chi connectivity index (χ1v) is 9.59. The second kappa shape index (κ2) is 7.83. The predicted octanol–water partition coefficient (Wildman–Crippen LogP) is 4.42. The topological polar surface area (TPSA) is 58.2 Å². The summed E-state index contributed by atoms with van der Waals surface area (Å²) in [7, 11) is 0. The van der Waals surface area contributed by atoms with E-state index in [1.54, 1.807) is 11.3 Å². The molecule has 2 aromatic rings. The lowest BCUT2D eigenvalue weighted by Crippen LogP contribution is -2.23. The van der Waals surface area contributed by atoms with Gasteiger partial charge in [-0.1, -0.05) is 25.0 Å². The number of carbonyl (C=O) groups is 2. The average molecular weight is 356 g/mol. The van der Waals surface area contributed by atoms with Crippen LogP contribution in [0.2, 0.25) is 0 Å². The molecule has 1 aliphatic rings. The number of benzene rings is 1. The summed E-state index contributed by atoms with van der Waals surface area (Å²) in [4.78, 5) is 26.7. The van der Waals surface area contributed by atoms with E-state index >= 15 is 0 Å². The van der Waals surface area contributed by atoms with Crippen molar-refractivity contribution >= 4 is 28.8 Å². The molecule has 1 aliphatic carbocycles. The molecule has 0 unspecified atom stereocenters. The summed E-state index contributed by atoms with van der Waals surface area (Å²) in [5.41, 5.74) is 2.52. The molecule has 25 heavy (non-hydrogen) atoms. The summed E-state index contributed by atoms with van der Waals surface area (Å²) < 4.78 is 0. The Kier molecular flexibility index (Phi) is 5.53. The van der Waals surface area contributed by atoms with Crippen LogP contribution < -0.4 is 10.6 Å². The Morgan fingerprint density at radius 1 is 1.16 bits per heavy atom. The number of hydrogen-bond donors (Lipinski definition) is 2. The van der Waals surface area contributed by atoms with Crippen LogP contribution in [0.25, 0.3) is 0 Å². The molecule has 1 heterocycles. The van der Waals surface area contributed by atoms with Gasteiger partial charge in [-0.25, -0.2) is 0 Å². The fourth-order valence-electron chi connectivity index (χ4n) is 3.33. The van der Waals surface area contributed by atoms with E-state index in [9.17, 15) is 9.59 Å². The first-order valence-electron chi connectivity index (χ1n) is 8.78. The van der Waals surface area contributed by atoms with Crippen LogP contribution in [0.5, 0.6) is 0 Å². The fourth-order valence-corrected chi connectivity index (χ4v) is 4.25. The highest BCUT2D eigenvalue weighted by atomic mass is 32.1. The molecule has 0 atom stereocenters. The molecule has 132 valence electrons. The molecule has 5 heteroatoms. The van der Waals surface area contributed by atoms with Crippen LogP contribution in [0.1, 0.15) is 51.4 Å². The Bertz CT molecular complexity index is 776. The zero-order valence-electron chi connectivity index (χ0n) is 14.7. The standard InChI is InChI=1S/C20H24N2O2S/c1-13-10-18(14(2)25-13)20(24)21-12-15-6-5-9-17(11-15)22-19(23)16-7-3-4-8-16/h5-6,9-11,16H,3-4,7-8,12H2,1-2H3,(H,21,24)(H,22,23). The molecule has 2 N–H and O–H groups in total. The summed E-state index contributed by atoms with van der Waals surface area (Å²) >= 11 is 1.63. The van der Waals surface area contributed by atoms with Gasteiger partial charge in [0.15, 0.2) is 0 Å². The van der Waals surface area contributed by atoms with Gasteiger partial charge in [0.1, 0.15) is 0 Å². The second-order valence-electron chi connectivity index (χ2n) is 6.68. The zero-order valence-corrected chi connectivity index (χ0v) is 15.5. The lowest BCUT2D eigenvalue weighted by atomic mass is 10.1. The molecule has 1 aromatic carbocycles. The normalized spacial score (nSPS) is 14.5. The van der Waals surface area contributed by atoms with Gasteiger partial charge in [0, 0.05) is 27.9 Å². The molecule has 2 amide bonds. The maximum Gasteiger partial charge on any atom is 0.252 e. The molecule has 3 rings (SSSR count). The van der Waals surface area contributed by atoms with Gasteiger partial charge < -0.3 is 10.6 Å². The third kappa shape index (κ3) is 4.48. The highest BCUT2D eigenvalue weighted by molar-refractivity contribution is 7.12.